The number of aromatic nitrogens is 1. The fourth-order valence-electron chi connectivity index (χ4n) is 3.39. The molecule has 2 aromatic carbocycles. The zero-order chi connectivity index (χ0) is 18.5. The minimum Gasteiger partial charge on any atom is -0.324 e. The first-order chi connectivity index (χ1) is 12.5. The van der Waals surface area contributed by atoms with Crippen LogP contribution in [0.5, 0.6) is 0 Å². The van der Waals surface area contributed by atoms with E-state index in [-0.39, 0.29) is 11.8 Å². The largest absolute Gasteiger partial charge is 0.324 e. The molecule has 0 bridgehead atoms. The molecular weight excluding hydrogens is 320 g/mol. The number of pyridine rings is 1. The molecule has 3 aromatic rings. The van der Waals surface area contributed by atoms with Crippen LogP contribution in [0.2, 0.25) is 0 Å². The van der Waals surface area contributed by atoms with Crippen LogP contribution in [-0.4, -0.2) is 10.9 Å². The van der Waals surface area contributed by atoms with Crippen LogP contribution < -0.4 is 5.32 Å². The number of anilines is 1. The monoisotopic (exact) mass is 344 g/mol. The van der Waals surface area contributed by atoms with Crippen molar-refractivity contribution in [1.29, 1.82) is 0 Å². The topological polar surface area (TPSA) is 42.0 Å². The molecule has 0 spiro atoms. The van der Waals surface area contributed by atoms with Crippen LogP contribution in [-0.2, 0) is 4.79 Å². The van der Waals surface area contributed by atoms with Gasteiger partial charge in [0.25, 0.3) is 0 Å². The standard InChI is InChI=1S/C23H24N2O/c1-16-14-17(2)24-18(3)23(16)25-22(26)15-21(19-10-6-4-7-11-19)20-12-8-5-9-13-20/h4-14,21H,15H2,1-3H3,(H,25,26). The Kier molecular flexibility index (Phi) is 5.47. The Balaban J connectivity index is 1.85. The number of amides is 1. The minimum absolute atomic E-state index is 0.000408. The van der Waals surface area contributed by atoms with Gasteiger partial charge in [-0.1, -0.05) is 60.7 Å². The zero-order valence-electron chi connectivity index (χ0n) is 15.5. The van der Waals surface area contributed by atoms with Crippen molar-refractivity contribution in [3.05, 3.63) is 94.8 Å². The highest BCUT2D eigenvalue weighted by Crippen LogP contribution is 2.29. The molecule has 0 aliphatic heterocycles. The molecule has 0 saturated heterocycles. The van der Waals surface area contributed by atoms with Gasteiger partial charge in [-0.3, -0.25) is 9.78 Å². The summed E-state index contributed by atoms with van der Waals surface area (Å²) in [6.07, 6.45) is 0.390. The molecule has 0 saturated carbocycles. The molecule has 0 atom stereocenters. The smallest absolute Gasteiger partial charge is 0.225 e. The number of hydrogen-bond donors (Lipinski definition) is 1. The quantitative estimate of drug-likeness (QED) is 0.694. The number of carbonyl (C=O) groups is 1. The lowest BCUT2D eigenvalue weighted by molar-refractivity contribution is -0.116. The lowest BCUT2D eigenvalue weighted by Gasteiger charge is -2.19. The van der Waals surface area contributed by atoms with E-state index in [1.807, 2.05) is 63.2 Å². The Labute approximate surface area is 155 Å². The number of nitrogens with zero attached hydrogens (tertiary/aromatic N) is 1. The number of hydrogen-bond acceptors (Lipinski definition) is 2. The van der Waals surface area contributed by atoms with E-state index in [0.29, 0.717) is 6.42 Å². The molecule has 26 heavy (non-hydrogen) atoms. The molecule has 0 fully saturated rings. The van der Waals surface area contributed by atoms with Crippen LogP contribution in [0.3, 0.4) is 0 Å². The first-order valence-corrected chi connectivity index (χ1v) is 8.89. The molecule has 0 unspecified atom stereocenters. The normalized spacial score (nSPS) is 10.8. The van der Waals surface area contributed by atoms with Gasteiger partial charge in [0.1, 0.15) is 0 Å². The van der Waals surface area contributed by atoms with Gasteiger partial charge in [-0.15, -0.1) is 0 Å². The maximum atomic E-state index is 12.8. The number of rotatable bonds is 5. The highest BCUT2D eigenvalue weighted by Gasteiger charge is 2.19. The van der Waals surface area contributed by atoms with E-state index in [2.05, 4.69) is 34.6 Å². The summed E-state index contributed by atoms with van der Waals surface area (Å²) in [5.74, 6) is 0.0241. The van der Waals surface area contributed by atoms with Gasteiger partial charge < -0.3 is 5.32 Å². The van der Waals surface area contributed by atoms with E-state index in [9.17, 15) is 4.79 Å². The molecular formula is C23H24N2O. The summed E-state index contributed by atoms with van der Waals surface area (Å²) in [5.41, 5.74) is 5.96. The van der Waals surface area contributed by atoms with Gasteiger partial charge in [0, 0.05) is 18.0 Å². The second kappa shape index (κ2) is 7.96. The van der Waals surface area contributed by atoms with Crippen LogP contribution >= 0.6 is 0 Å². The molecule has 0 aliphatic rings. The summed E-state index contributed by atoms with van der Waals surface area (Å²) < 4.78 is 0. The predicted octanol–water partition coefficient (Wildman–Crippen LogP) is 5.17. The van der Waals surface area contributed by atoms with Crippen LogP contribution in [0.4, 0.5) is 5.69 Å². The van der Waals surface area contributed by atoms with E-state index in [1.165, 1.54) is 0 Å². The van der Waals surface area contributed by atoms with E-state index in [1.54, 1.807) is 0 Å². The van der Waals surface area contributed by atoms with Gasteiger partial charge in [0.15, 0.2) is 0 Å². The van der Waals surface area contributed by atoms with Crippen molar-refractivity contribution in [2.75, 3.05) is 5.32 Å². The van der Waals surface area contributed by atoms with Gasteiger partial charge >= 0.3 is 0 Å². The average Bonchev–Trinajstić information content (AvgIpc) is 2.64. The molecule has 0 radical (unpaired) electrons. The summed E-state index contributed by atoms with van der Waals surface area (Å²) in [6.45, 7) is 5.90. The van der Waals surface area contributed by atoms with Gasteiger partial charge in [-0.2, -0.15) is 0 Å². The van der Waals surface area contributed by atoms with E-state index in [4.69, 9.17) is 0 Å². The van der Waals surface area contributed by atoms with E-state index >= 15 is 0 Å². The second-order valence-electron chi connectivity index (χ2n) is 6.67. The molecule has 3 nitrogen and oxygen atoms in total. The first-order valence-electron chi connectivity index (χ1n) is 8.89. The summed E-state index contributed by atoms with van der Waals surface area (Å²) in [4.78, 5) is 17.3. The number of aryl methyl sites for hydroxylation is 3. The molecule has 1 aromatic heterocycles. The third-order valence-electron chi connectivity index (χ3n) is 4.58. The van der Waals surface area contributed by atoms with Crippen molar-refractivity contribution in [2.24, 2.45) is 0 Å². The van der Waals surface area contributed by atoms with Gasteiger partial charge in [-0.05, 0) is 43.5 Å². The third-order valence-corrected chi connectivity index (χ3v) is 4.58. The molecule has 3 rings (SSSR count). The van der Waals surface area contributed by atoms with Gasteiger partial charge in [0.2, 0.25) is 5.91 Å². The molecule has 3 heteroatoms. The molecule has 1 amide bonds. The van der Waals surface area contributed by atoms with E-state index in [0.717, 1.165) is 33.8 Å². The van der Waals surface area contributed by atoms with Gasteiger partial charge in [-0.25, -0.2) is 0 Å². The molecule has 132 valence electrons. The van der Waals surface area contributed by atoms with Crippen molar-refractivity contribution in [2.45, 2.75) is 33.1 Å². The molecule has 0 aliphatic carbocycles. The fraction of sp³-hybridized carbons (Fsp3) is 0.217. The summed E-state index contributed by atoms with van der Waals surface area (Å²) in [7, 11) is 0. The maximum absolute atomic E-state index is 12.8. The van der Waals surface area contributed by atoms with Crippen LogP contribution in [0.25, 0.3) is 0 Å². The summed E-state index contributed by atoms with van der Waals surface area (Å²) >= 11 is 0. The number of benzene rings is 2. The highest BCUT2D eigenvalue weighted by atomic mass is 16.1. The fourth-order valence-corrected chi connectivity index (χ4v) is 3.39. The van der Waals surface area contributed by atoms with Crippen molar-refractivity contribution < 1.29 is 4.79 Å². The minimum atomic E-state index is -0.000408. The third kappa shape index (κ3) is 4.17. The van der Waals surface area contributed by atoms with Crippen LogP contribution in [0.1, 0.15) is 40.4 Å². The lowest BCUT2D eigenvalue weighted by Crippen LogP contribution is -2.18. The van der Waals surface area contributed by atoms with E-state index < -0.39 is 0 Å². The molecule has 1 heterocycles. The highest BCUT2D eigenvalue weighted by molar-refractivity contribution is 5.92. The summed E-state index contributed by atoms with van der Waals surface area (Å²) in [5, 5.41) is 3.07. The van der Waals surface area contributed by atoms with Crippen molar-refractivity contribution in [3.8, 4) is 0 Å². The van der Waals surface area contributed by atoms with Crippen molar-refractivity contribution in [1.82, 2.24) is 4.98 Å². The second-order valence-corrected chi connectivity index (χ2v) is 6.67. The molecule has 1 N–H and O–H groups in total. The van der Waals surface area contributed by atoms with Gasteiger partial charge in [0.05, 0.1) is 11.4 Å². The average molecular weight is 344 g/mol. The van der Waals surface area contributed by atoms with Crippen molar-refractivity contribution >= 4 is 11.6 Å². The number of carbonyl (C=O) groups excluding carboxylic acids is 1. The lowest BCUT2D eigenvalue weighted by atomic mass is 9.88. The SMILES string of the molecule is Cc1cc(C)c(NC(=O)CC(c2ccccc2)c2ccccc2)c(C)n1. The first kappa shape index (κ1) is 17.9. The van der Waals surface area contributed by atoms with Crippen LogP contribution in [0.15, 0.2) is 66.7 Å². The predicted molar refractivity (Wildman–Crippen MR) is 106 cm³/mol. The Morgan fingerprint density at radius 3 is 1.96 bits per heavy atom. The van der Waals surface area contributed by atoms with Crippen LogP contribution in [0, 0.1) is 20.8 Å². The van der Waals surface area contributed by atoms with Crippen molar-refractivity contribution in [3.63, 3.8) is 0 Å². The Bertz CT molecular complexity index is 826. The maximum Gasteiger partial charge on any atom is 0.225 e. The Morgan fingerprint density at radius 1 is 0.923 bits per heavy atom. The summed E-state index contributed by atoms with van der Waals surface area (Å²) in [6, 6.07) is 22.4. The number of nitrogens with one attached hydrogen (secondary N) is 1. The Morgan fingerprint density at radius 2 is 1.46 bits per heavy atom. The Hall–Kier alpha value is -2.94. The zero-order valence-corrected chi connectivity index (χ0v) is 15.5.